The third-order valence-electron chi connectivity index (χ3n) is 5.41. The van der Waals surface area contributed by atoms with Gasteiger partial charge < -0.3 is 15.1 Å². The largest absolute Gasteiger partial charge is 0.468 e. The molecule has 1 aromatic carbocycles. The lowest BCUT2D eigenvalue weighted by Crippen LogP contribution is -2.50. The number of furan rings is 1. The Hall–Kier alpha value is -2.27. The van der Waals surface area contributed by atoms with Crippen molar-refractivity contribution in [3.05, 3.63) is 54.0 Å². The second kappa shape index (κ2) is 6.92. The van der Waals surface area contributed by atoms with E-state index in [1.165, 1.54) is 12.8 Å². The number of anilines is 1. The van der Waals surface area contributed by atoms with Crippen molar-refractivity contribution in [3.63, 3.8) is 0 Å². The van der Waals surface area contributed by atoms with Gasteiger partial charge in [0.15, 0.2) is 0 Å². The molecule has 5 heteroatoms. The van der Waals surface area contributed by atoms with Gasteiger partial charge in [-0.25, -0.2) is 4.79 Å². The Bertz CT molecular complexity index is 714. The van der Waals surface area contributed by atoms with E-state index in [1.54, 1.807) is 6.26 Å². The van der Waals surface area contributed by atoms with Gasteiger partial charge in [-0.05, 0) is 62.4 Å². The quantitative estimate of drug-likeness (QED) is 0.888. The Kier molecular flexibility index (Phi) is 4.49. The van der Waals surface area contributed by atoms with Crippen LogP contribution in [0.4, 0.5) is 10.5 Å². The first kappa shape index (κ1) is 16.2. The molecule has 2 N–H and O–H groups in total. The summed E-state index contributed by atoms with van der Waals surface area (Å²) in [6.07, 6.45) is 6.18. The average Bonchev–Trinajstić information content (AvgIpc) is 3.15. The Morgan fingerprint density at radius 1 is 1.20 bits per heavy atom. The van der Waals surface area contributed by atoms with Crippen molar-refractivity contribution in [2.75, 3.05) is 5.32 Å². The van der Waals surface area contributed by atoms with Crippen LogP contribution in [0.5, 0.6) is 0 Å². The van der Waals surface area contributed by atoms with Gasteiger partial charge in [0.1, 0.15) is 5.76 Å². The first-order valence-corrected chi connectivity index (χ1v) is 9.10. The zero-order chi connectivity index (χ0) is 17.2. The summed E-state index contributed by atoms with van der Waals surface area (Å²) in [7, 11) is 0. The molecule has 2 aromatic rings. The van der Waals surface area contributed by atoms with Crippen molar-refractivity contribution >= 4 is 11.7 Å². The Labute approximate surface area is 148 Å². The molecule has 0 saturated carbocycles. The molecule has 2 bridgehead atoms. The third kappa shape index (κ3) is 3.71. The molecule has 0 spiro atoms. The highest BCUT2D eigenvalue weighted by atomic mass is 16.3. The van der Waals surface area contributed by atoms with E-state index in [-0.39, 0.29) is 12.1 Å². The maximum atomic E-state index is 12.3. The fourth-order valence-corrected chi connectivity index (χ4v) is 4.31. The van der Waals surface area contributed by atoms with Gasteiger partial charge >= 0.3 is 6.03 Å². The van der Waals surface area contributed by atoms with Crippen LogP contribution in [-0.4, -0.2) is 29.1 Å². The van der Waals surface area contributed by atoms with Gasteiger partial charge in [0.25, 0.3) is 0 Å². The average molecular weight is 339 g/mol. The Morgan fingerprint density at radius 3 is 2.68 bits per heavy atom. The van der Waals surface area contributed by atoms with Crippen LogP contribution in [0.1, 0.15) is 37.0 Å². The SMILES string of the molecule is Cc1cccc(NC(=O)NC2C[C@H]3CC[C@@H](C2)N3Cc2ccco2)c1. The van der Waals surface area contributed by atoms with Gasteiger partial charge in [-0.3, -0.25) is 4.90 Å². The van der Waals surface area contributed by atoms with Crippen LogP contribution >= 0.6 is 0 Å². The van der Waals surface area contributed by atoms with Crippen molar-refractivity contribution in [1.29, 1.82) is 0 Å². The van der Waals surface area contributed by atoms with Crippen molar-refractivity contribution in [2.45, 2.75) is 57.3 Å². The number of carbonyl (C=O) groups is 1. The summed E-state index contributed by atoms with van der Waals surface area (Å²) in [5, 5.41) is 6.12. The smallest absolute Gasteiger partial charge is 0.319 e. The predicted molar refractivity (Wildman–Crippen MR) is 97.4 cm³/mol. The number of nitrogens with one attached hydrogen (secondary N) is 2. The van der Waals surface area contributed by atoms with Crippen LogP contribution in [0.15, 0.2) is 47.1 Å². The summed E-state index contributed by atoms with van der Waals surface area (Å²) in [6.45, 7) is 2.90. The predicted octanol–water partition coefficient (Wildman–Crippen LogP) is 3.91. The molecule has 2 fully saturated rings. The summed E-state index contributed by atoms with van der Waals surface area (Å²) in [5.74, 6) is 1.03. The summed E-state index contributed by atoms with van der Waals surface area (Å²) in [5.41, 5.74) is 1.98. The van der Waals surface area contributed by atoms with E-state index in [1.807, 2.05) is 43.3 Å². The lowest BCUT2D eigenvalue weighted by molar-refractivity contribution is 0.104. The first-order valence-electron chi connectivity index (χ1n) is 9.10. The van der Waals surface area contributed by atoms with E-state index in [2.05, 4.69) is 15.5 Å². The molecule has 132 valence electrons. The Morgan fingerprint density at radius 2 is 2.00 bits per heavy atom. The van der Waals surface area contributed by atoms with E-state index in [9.17, 15) is 4.79 Å². The summed E-state index contributed by atoms with van der Waals surface area (Å²) in [4.78, 5) is 14.9. The highest BCUT2D eigenvalue weighted by molar-refractivity contribution is 5.89. The maximum absolute atomic E-state index is 12.3. The van der Waals surface area contributed by atoms with Crippen molar-refractivity contribution in [1.82, 2.24) is 10.2 Å². The summed E-state index contributed by atoms with van der Waals surface area (Å²) in [6, 6.07) is 13.1. The van der Waals surface area contributed by atoms with E-state index >= 15 is 0 Å². The number of piperidine rings is 1. The molecule has 2 saturated heterocycles. The van der Waals surface area contributed by atoms with Gasteiger partial charge in [0.2, 0.25) is 0 Å². The van der Waals surface area contributed by atoms with E-state index in [4.69, 9.17) is 4.42 Å². The van der Waals surface area contributed by atoms with Crippen molar-refractivity contribution in [3.8, 4) is 0 Å². The van der Waals surface area contributed by atoms with Crippen molar-refractivity contribution in [2.24, 2.45) is 0 Å². The lowest BCUT2D eigenvalue weighted by Gasteiger charge is -2.38. The second-order valence-electron chi connectivity index (χ2n) is 7.27. The minimum absolute atomic E-state index is 0.102. The fraction of sp³-hybridized carbons (Fsp3) is 0.450. The number of rotatable bonds is 4. The molecule has 3 heterocycles. The molecule has 2 aliphatic heterocycles. The molecule has 0 radical (unpaired) electrons. The number of nitrogens with zero attached hydrogens (tertiary/aromatic N) is 1. The summed E-state index contributed by atoms with van der Waals surface area (Å²) >= 11 is 0. The van der Waals surface area contributed by atoms with Gasteiger partial charge in [0.05, 0.1) is 12.8 Å². The highest BCUT2D eigenvalue weighted by Crippen LogP contribution is 2.36. The highest BCUT2D eigenvalue weighted by Gasteiger charge is 2.41. The molecular weight excluding hydrogens is 314 g/mol. The van der Waals surface area contributed by atoms with Gasteiger partial charge in [-0.15, -0.1) is 0 Å². The van der Waals surface area contributed by atoms with Crippen LogP contribution in [0.3, 0.4) is 0 Å². The number of hydrogen-bond donors (Lipinski definition) is 2. The molecule has 5 nitrogen and oxygen atoms in total. The first-order chi connectivity index (χ1) is 12.2. The monoisotopic (exact) mass is 339 g/mol. The number of amides is 2. The number of fused-ring (bicyclic) bond motifs is 2. The third-order valence-corrected chi connectivity index (χ3v) is 5.41. The molecule has 4 rings (SSSR count). The second-order valence-corrected chi connectivity index (χ2v) is 7.27. The molecule has 0 aliphatic carbocycles. The van der Waals surface area contributed by atoms with Crippen LogP contribution in [-0.2, 0) is 6.54 Å². The van der Waals surface area contributed by atoms with Gasteiger partial charge in [-0.1, -0.05) is 12.1 Å². The fourth-order valence-electron chi connectivity index (χ4n) is 4.31. The van der Waals surface area contributed by atoms with Crippen LogP contribution in [0.2, 0.25) is 0 Å². The van der Waals surface area contributed by atoms with Crippen LogP contribution < -0.4 is 10.6 Å². The van der Waals surface area contributed by atoms with E-state index < -0.39 is 0 Å². The topological polar surface area (TPSA) is 57.5 Å². The lowest BCUT2D eigenvalue weighted by atomic mass is 9.97. The number of urea groups is 1. The van der Waals surface area contributed by atoms with Crippen molar-refractivity contribution < 1.29 is 9.21 Å². The number of carbonyl (C=O) groups excluding carboxylic acids is 1. The zero-order valence-electron chi connectivity index (χ0n) is 14.6. The molecule has 25 heavy (non-hydrogen) atoms. The molecule has 3 atom stereocenters. The summed E-state index contributed by atoms with van der Waals surface area (Å²) < 4.78 is 5.51. The van der Waals surface area contributed by atoms with Gasteiger partial charge in [0, 0.05) is 23.8 Å². The minimum atomic E-state index is -0.102. The molecular formula is C20H25N3O2. The van der Waals surface area contributed by atoms with Crippen LogP contribution in [0.25, 0.3) is 0 Å². The number of hydrogen-bond acceptors (Lipinski definition) is 3. The number of benzene rings is 1. The zero-order valence-corrected chi connectivity index (χ0v) is 14.6. The molecule has 1 unspecified atom stereocenters. The standard InChI is InChI=1S/C20H25N3O2/c1-14-4-2-5-15(10-14)21-20(24)22-16-11-17-7-8-18(12-16)23(17)13-19-6-3-9-25-19/h2-6,9-10,16-18H,7-8,11-13H2,1H3,(H2,21,22,24)/t16?,17-,18+. The molecule has 1 aromatic heterocycles. The minimum Gasteiger partial charge on any atom is -0.468 e. The molecule has 2 amide bonds. The van der Waals surface area contributed by atoms with Gasteiger partial charge in [-0.2, -0.15) is 0 Å². The van der Waals surface area contributed by atoms with E-state index in [0.717, 1.165) is 36.4 Å². The van der Waals surface area contributed by atoms with Crippen LogP contribution in [0, 0.1) is 6.92 Å². The normalized spacial score (nSPS) is 25.7. The Balaban J connectivity index is 1.32. The maximum Gasteiger partial charge on any atom is 0.319 e. The number of aryl methyl sites for hydroxylation is 1. The molecule has 2 aliphatic rings. The van der Waals surface area contributed by atoms with E-state index in [0.29, 0.717) is 12.1 Å².